The van der Waals surface area contributed by atoms with Crippen LogP contribution in [0.2, 0.25) is 5.02 Å². The fourth-order valence-electron chi connectivity index (χ4n) is 3.73. The molecule has 0 radical (unpaired) electrons. The lowest BCUT2D eigenvalue weighted by Gasteiger charge is -2.19. The number of halogens is 2. The summed E-state index contributed by atoms with van der Waals surface area (Å²) < 4.78 is 2.03. The van der Waals surface area contributed by atoms with Crippen LogP contribution in [0.1, 0.15) is 52.6 Å². The topological polar surface area (TPSA) is 60.1 Å². The molecule has 2 aromatic heterocycles. The molecule has 1 aromatic carbocycles. The first-order valence-electron chi connectivity index (χ1n) is 9.39. The van der Waals surface area contributed by atoms with Gasteiger partial charge in [0.05, 0.1) is 11.6 Å². The Kier molecular flexibility index (Phi) is 5.36. The molecule has 0 aliphatic carbocycles. The molecule has 0 bridgehead atoms. The van der Waals surface area contributed by atoms with Crippen LogP contribution in [0.3, 0.4) is 0 Å². The quantitative estimate of drug-likeness (QED) is 0.490. The molecule has 0 saturated carbocycles. The van der Waals surface area contributed by atoms with E-state index in [2.05, 4.69) is 24.0 Å². The Morgan fingerprint density at radius 2 is 1.90 bits per heavy atom. The largest absolute Gasteiger partial charge is 0.281 e. The average molecular weight is 447 g/mol. The van der Waals surface area contributed by atoms with Gasteiger partial charge in [-0.2, -0.15) is 0 Å². The standard InChI is InChI=1S/C21H20Cl2N4OS/c1-5-15(19(23)28)18-20-26-25-12(4)27(20)21-16(10(2)11(3)29-21)17(24-18)13-6-8-14(22)9-7-13/h6-9,15,18H,5H2,1-4H3/t15-,18+/m1/s1. The van der Waals surface area contributed by atoms with Crippen LogP contribution >= 0.6 is 34.5 Å². The Morgan fingerprint density at radius 3 is 2.52 bits per heavy atom. The second kappa shape index (κ2) is 7.67. The number of aromatic nitrogens is 3. The summed E-state index contributed by atoms with van der Waals surface area (Å²) in [4.78, 5) is 18.5. The Hall–Kier alpha value is -2.02. The highest BCUT2D eigenvalue weighted by Gasteiger charge is 2.37. The number of thiophene rings is 1. The molecule has 0 N–H and O–H groups in total. The number of aryl methyl sites for hydroxylation is 2. The van der Waals surface area contributed by atoms with Crippen molar-refractivity contribution in [2.75, 3.05) is 0 Å². The molecule has 1 aliphatic rings. The van der Waals surface area contributed by atoms with Gasteiger partial charge in [0.1, 0.15) is 16.9 Å². The molecule has 0 fully saturated rings. The molecule has 3 aromatic rings. The van der Waals surface area contributed by atoms with Crippen LogP contribution in [0.4, 0.5) is 0 Å². The van der Waals surface area contributed by atoms with E-state index in [0.717, 1.165) is 33.2 Å². The van der Waals surface area contributed by atoms with Crippen LogP contribution in [0.5, 0.6) is 0 Å². The fourth-order valence-corrected chi connectivity index (χ4v) is 5.35. The maximum atomic E-state index is 12.2. The van der Waals surface area contributed by atoms with Gasteiger partial charge in [0.15, 0.2) is 5.82 Å². The summed E-state index contributed by atoms with van der Waals surface area (Å²) in [7, 11) is 0. The maximum Gasteiger partial charge on any atom is 0.227 e. The number of rotatable bonds is 4. The Morgan fingerprint density at radius 1 is 1.21 bits per heavy atom. The van der Waals surface area contributed by atoms with Crippen molar-refractivity contribution in [1.29, 1.82) is 0 Å². The van der Waals surface area contributed by atoms with Gasteiger partial charge in [-0.3, -0.25) is 14.4 Å². The smallest absolute Gasteiger partial charge is 0.227 e. The Labute approximate surface area is 183 Å². The highest BCUT2D eigenvalue weighted by Crippen LogP contribution is 2.41. The second-order valence-corrected chi connectivity index (χ2v) is 9.16. The summed E-state index contributed by atoms with van der Waals surface area (Å²) in [5, 5.41) is 9.97. The molecular formula is C21H20Cl2N4OS. The van der Waals surface area contributed by atoms with Crippen molar-refractivity contribution >= 4 is 45.5 Å². The SMILES string of the molecule is CC[C@@H](C(=O)Cl)[C@@H]1N=C(c2ccc(Cl)cc2)c2c(sc(C)c2C)-n2c(C)nnc21. The minimum Gasteiger partial charge on any atom is -0.281 e. The van der Waals surface area contributed by atoms with Gasteiger partial charge >= 0.3 is 0 Å². The zero-order chi connectivity index (χ0) is 20.9. The summed E-state index contributed by atoms with van der Waals surface area (Å²) in [5.74, 6) is 0.920. The molecule has 3 heterocycles. The van der Waals surface area contributed by atoms with Crippen molar-refractivity contribution in [3.8, 4) is 5.00 Å². The van der Waals surface area contributed by atoms with Crippen molar-refractivity contribution in [2.45, 2.75) is 40.2 Å². The van der Waals surface area contributed by atoms with E-state index in [9.17, 15) is 4.79 Å². The highest BCUT2D eigenvalue weighted by atomic mass is 35.5. The van der Waals surface area contributed by atoms with Crippen LogP contribution < -0.4 is 0 Å². The number of hydrogen-bond donors (Lipinski definition) is 0. The number of benzene rings is 1. The van der Waals surface area contributed by atoms with Gasteiger partial charge in [0.2, 0.25) is 5.24 Å². The van der Waals surface area contributed by atoms with Crippen molar-refractivity contribution in [2.24, 2.45) is 10.9 Å². The summed E-state index contributed by atoms with van der Waals surface area (Å²) in [5.41, 5.74) is 3.96. The van der Waals surface area contributed by atoms with Gasteiger partial charge in [-0.1, -0.05) is 30.7 Å². The number of carbonyl (C=O) groups excluding carboxylic acids is 1. The molecule has 150 valence electrons. The third kappa shape index (κ3) is 3.33. The lowest BCUT2D eigenvalue weighted by atomic mass is 9.96. The average Bonchev–Trinajstić information content (AvgIpc) is 3.14. The van der Waals surface area contributed by atoms with E-state index in [1.807, 2.05) is 42.7 Å². The third-order valence-electron chi connectivity index (χ3n) is 5.42. The van der Waals surface area contributed by atoms with Gasteiger partial charge in [0, 0.05) is 21.0 Å². The Balaban J connectivity index is 2.07. The maximum absolute atomic E-state index is 12.2. The minimum absolute atomic E-state index is 0.415. The van der Waals surface area contributed by atoms with Crippen LogP contribution in [0.25, 0.3) is 5.00 Å². The predicted octanol–water partition coefficient (Wildman–Crippen LogP) is 5.59. The third-order valence-corrected chi connectivity index (χ3v) is 7.14. The molecule has 1 aliphatic heterocycles. The molecular weight excluding hydrogens is 427 g/mol. The lowest BCUT2D eigenvalue weighted by Crippen LogP contribution is -2.20. The number of nitrogens with zero attached hydrogens (tertiary/aromatic N) is 4. The molecule has 0 amide bonds. The molecule has 5 nitrogen and oxygen atoms in total. The summed E-state index contributed by atoms with van der Waals surface area (Å²) in [6.45, 7) is 8.05. The van der Waals surface area contributed by atoms with Crippen LogP contribution in [-0.4, -0.2) is 25.7 Å². The van der Waals surface area contributed by atoms with E-state index in [4.69, 9.17) is 28.2 Å². The van der Waals surface area contributed by atoms with E-state index in [1.54, 1.807) is 11.3 Å². The minimum atomic E-state index is -0.517. The van der Waals surface area contributed by atoms with Crippen molar-refractivity contribution in [3.05, 3.63) is 62.5 Å². The molecule has 29 heavy (non-hydrogen) atoms. The van der Waals surface area contributed by atoms with Gasteiger partial charge in [-0.25, -0.2) is 0 Å². The van der Waals surface area contributed by atoms with Crippen molar-refractivity contribution in [1.82, 2.24) is 14.8 Å². The fraction of sp³-hybridized carbons (Fsp3) is 0.333. The van der Waals surface area contributed by atoms with Crippen LogP contribution in [0.15, 0.2) is 29.3 Å². The van der Waals surface area contributed by atoms with E-state index in [0.29, 0.717) is 17.3 Å². The van der Waals surface area contributed by atoms with E-state index >= 15 is 0 Å². The van der Waals surface area contributed by atoms with E-state index in [1.165, 1.54) is 4.88 Å². The van der Waals surface area contributed by atoms with Gasteiger partial charge in [-0.05, 0) is 56.5 Å². The summed E-state index contributed by atoms with van der Waals surface area (Å²) in [6, 6.07) is 7.09. The zero-order valence-electron chi connectivity index (χ0n) is 16.5. The van der Waals surface area contributed by atoms with Gasteiger partial charge < -0.3 is 0 Å². The van der Waals surface area contributed by atoms with E-state index in [-0.39, 0.29) is 0 Å². The number of hydrogen-bond acceptors (Lipinski definition) is 5. The first-order valence-corrected chi connectivity index (χ1v) is 11.0. The first-order chi connectivity index (χ1) is 13.8. The summed E-state index contributed by atoms with van der Waals surface area (Å²) in [6.07, 6.45) is 0.558. The van der Waals surface area contributed by atoms with Gasteiger partial charge in [-0.15, -0.1) is 21.5 Å². The zero-order valence-corrected chi connectivity index (χ0v) is 18.9. The highest BCUT2D eigenvalue weighted by molar-refractivity contribution is 7.15. The second-order valence-electron chi connectivity index (χ2n) is 7.15. The normalized spacial score (nSPS) is 16.6. The van der Waals surface area contributed by atoms with Crippen molar-refractivity contribution < 1.29 is 4.79 Å². The van der Waals surface area contributed by atoms with Crippen molar-refractivity contribution in [3.63, 3.8) is 0 Å². The number of aliphatic imine (C=N–C) groups is 1. The monoisotopic (exact) mass is 446 g/mol. The van der Waals surface area contributed by atoms with Gasteiger partial charge in [0.25, 0.3) is 0 Å². The Bertz CT molecular complexity index is 1130. The van der Waals surface area contributed by atoms with Crippen LogP contribution in [-0.2, 0) is 4.79 Å². The van der Waals surface area contributed by atoms with E-state index < -0.39 is 17.2 Å². The number of fused-ring (bicyclic) bond motifs is 3. The molecule has 2 atom stereocenters. The summed E-state index contributed by atoms with van der Waals surface area (Å²) >= 11 is 13.8. The molecule has 0 saturated heterocycles. The number of carbonyl (C=O) groups is 1. The predicted molar refractivity (Wildman–Crippen MR) is 118 cm³/mol. The lowest BCUT2D eigenvalue weighted by molar-refractivity contribution is -0.115. The molecule has 0 unspecified atom stereocenters. The molecule has 4 rings (SSSR count). The van der Waals surface area contributed by atoms with Crippen LogP contribution in [0, 0.1) is 26.7 Å². The molecule has 8 heteroatoms. The first kappa shape index (κ1) is 20.3. The molecule has 0 spiro atoms.